The summed E-state index contributed by atoms with van der Waals surface area (Å²) in [5.41, 5.74) is 9.76. The molecule has 0 aliphatic rings. The molecule has 206 valence electrons. The Morgan fingerprint density at radius 2 is 1.12 bits per heavy atom. The molecular weight excluding hydrogens is 514 g/mol. The van der Waals surface area contributed by atoms with Gasteiger partial charge in [0.15, 0.2) is 11.6 Å². The number of rotatable bonds is 6. The van der Waals surface area contributed by atoms with Gasteiger partial charge in [0.1, 0.15) is 11.2 Å². The van der Waals surface area contributed by atoms with E-state index in [1.54, 1.807) is 0 Å². The van der Waals surface area contributed by atoms with Gasteiger partial charge >= 0.3 is 0 Å². The van der Waals surface area contributed by atoms with Gasteiger partial charge in [0, 0.05) is 33.2 Å². The minimum atomic E-state index is 0.395. The third-order valence-corrected chi connectivity index (χ3v) is 8.11. The fourth-order valence-electron chi connectivity index (χ4n) is 5.69. The molecule has 2 aromatic heterocycles. The van der Waals surface area contributed by atoms with Crippen molar-refractivity contribution in [1.82, 2.24) is 14.8 Å². The zero-order chi connectivity index (χ0) is 28.8. The first-order chi connectivity index (χ1) is 20.5. The van der Waals surface area contributed by atoms with Crippen molar-refractivity contribution in [2.75, 3.05) is 0 Å². The second-order valence-corrected chi connectivity index (χ2v) is 11.6. The molecule has 0 N–H and O–H groups in total. The molecule has 0 radical (unpaired) electrons. The summed E-state index contributed by atoms with van der Waals surface area (Å²) in [6, 6.07) is 40.3. The third-order valence-electron chi connectivity index (χ3n) is 8.11. The minimum absolute atomic E-state index is 0.395. The number of hydrogen-bond acceptors (Lipinski definition) is 3. The second kappa shape index (κ2) is 10.5. The highest BCUT2D eigenvalue weighted by molar-refractivity contribution is 6.10. The highest BCUT2D eigenvalue weighted by atomic mass is 16.3. The van der Waals surface area contributed by atoms with Crippen LogP contribution in [0.25, 0.3) is 61.5 Å². The molecule has 42 heavy (non-hydrogen) atoms. The Balaban J connectivity index is 1.37. The summed E-state index contributed by atoms with van der Waals surface area (Å²) in [6.07, 6.45) is 0. The molecule has 0 bridgehead atoms. The predicted molar refractivity (Wildman–Crippen MR) is 173 cm³/mol. The van der Waals surface area contributed by atoms with E-state index >= 15 is 0 Å². The van der Waals surface area contributed by atoms with Gasteiger partial charge in [0.05, 0.1) is 0 Å². The molecule has 0 fully saturated rings. The van der Waals surface area contributed by atoms with Crippen LogP contribution in [0.15, 0.2) is 120 Å². The summed E-state index contributed by atoms with van der Waals surface area (Å²) < 4.78 is 8.66. The van der Waals surface area contributed by atoms with Crippen molar-refractivity contribution in [1.29, 1.82) is 0 Å². The van der Waals surface area contributed by atoms with E-state index in [-0.39, 0.29) is 0 Å². The molecule has 0 spiro atoms. The van der Waals surface area contributed by atoms with Gasteiger partial charge in [-0.3, -0.25) is 4.57 Å². The molecule has 4 heteroatoms. The van der Waals surface area contributed by atoms with Crippen molar-refractivity contribution in [3.05, 3.63) is 126 Å². The van der Waals surface area contributed by atoms with Gasteiger partial charge in [0.2, 0.25) is 0 Å². The molecular formula is C38H33N3O. The summed E-state index contributed by atoms with van der Waals surface area (Å²) >= 11 is 0. The molecule has 0 aliphatic carbocycles. The maximum absolute atomic E-state index is 6.53. The normalized spacial score (nSPS) is 11.8. The Morgan fingerprint density at radius 1 is 0.548 bits per heavy atom. The van der Waals surface area contributed by atoms with Crippen LogP contribution in [0.2, 0.25) is 0 Å². The molecule has 7 rings (SSSR count). The first-order valence-corrected chi connectivity index (χ1v) is 14.6. The fraction of sp³-hybridized carbons (Fsp3) is 0.158. The van der Waals surface area contributed by atoms with E-state index in [1.165, 1.54) is 21.9 Å². The molecule has 0 aliphatic heterocycles. The molecule has 0 saturated heterocycles. The van der Waals surface area contributed by atoms with E-state index in [0.717, 1.165) is 50.8 Å². The van der Waals surface area contributed by atoms with Crippen LogP contribution < -0.4 is 0 Å². The molecule has 4 nitrogen and oxygen atoms in total. The molecule has 0 saturated carbocycles. The number of hydrogen-bond donors (Lipinski definition) is 0. The lowest BCUT2D eigenvalue weighted by Crippen LogP contribution is -2.00. The standard InChI is InChI=1S/C38H33N3O/c1-24(2)29-19-20-35-33(21-29)34-23-30(25(3)4)22-32(36(34)42-35)26-15-17-28(18-16-26)38-40-39-37(27-11-7-5-8-12-27)41(38)31-13-9-6-10-14-31/h5-25H,1-4H3. The fourth-order valence-corrected chi connectivity index (χ4v) is 5.69. The number of aromatic nitrogens is 3. The Hall–Kier alpha value is -4.96. The van der Waals surface area contributed by atoms with Crippen molar-refractivity contribution < 1.29 is 4.42 Å². The average molecular weight is 548 g/mol. The third kappa shape index (κ3) is 4.50. The first-order valence-electron chi connectivity index (χ1n) is 14.6. The van der Waals surface area contributed by atoms with Crippen molar-refractivity contribution in [3.63, 3.8) is 0 Å². The van der Waals surface area contributed by atoms with Gasteiger partial charge in [-0.05, 0) is 64.9 Å². The van der Waals surface area contributed by atoms with E-state index in [9.17, 15) is 0 Å². The number of furan rings is 1. The summed E-state index contributed by atoms with van der Waals surface area (Å²) in [5.74, 6) is 2.47. The van der Waals surface area contributed by atoms with E-state index in [0.29, 0.717) is 11.8 Å². The van der Waals surface area contributed by atoms with E-state index < -0.39 is 0 Å². The van der Waals surface area contributed by atoms with Crippen LogP contribution in [0, 0.1) is 0 Å². The average Bonchev–Trinajstić information content (AvgIpc) is 3.63. The highest BCUT2D eigenvalue weighted by Gasteiger charge is 2.19. The van der Waals surface area contributed by atoms with Crippen LogP contribution in [0.4, 0.5) is 0 Å². The van der Waals surface area contributed by atoms with Crippen LogP contribution >= 0.6 is 0 Å². The van der Waals surface area contributed by atoms with Crippen LogP contribution in [0.5, 0.6) is 0 Å². The Labute approximate surface area is 246 Å². The van der Waals surface area contributed by atoms with Gasteiger partial charge in [0.25, 0.3) is 0 Å². The van der Waals surface area contributed by atoms with Gasteiger partial charge in [-0.15, -0.1) is 10.2 Å². The van der Waals surface area contributed by atoms with Crippen molar-refractivity contribution in [2.45, 2.75) is 39.5 Å². The summed E-state index contributed by atoms with van der Waals surface area (Å²) in [6.45, 7) is 8.96. The maximum Gasteiger partial charge on any atom is 0.168 e. The topological polar surface area (TPSA) is 43.9 Å². The van der Waals surface area contributed by atoms with Crippen molar-refractivity contribution in [3.8, 4) is 39.6 Å². The van der Waals surface area contributed by atoms with E-state index in [4.69, 9.17) is 4.42 Å². The first kappa shape index (κ1) is 26.0. The van der Waals surface area contributed by atoms with E-state index in [2.05, 4.69) is 121 Å². The lowest BCUT2D eigenvalue weighted by Gasteiger charge is -2.12. The maximum atomic E-state index is 6.53. The zero-order valence-electron chi connectivity index (χ0n) is 24.4. The summed E-state index contributed by atoms with van der Waals surface area (Å²) in [5, 5.41) is 11.7. The van der Waals surface area contributed by atoms with Gasteiger partial charge in [-0.1, -0.05) is 107 Å². The lowest BCUT2D eigenvalue weighted by molar-refractivity contribution is 0.669. The molecule has 0 atom stereocenters. The minimum Gasteiger partial charge on any atom is -0.455 e. The Kier molecular flexibility index (Phi) is 6.47. The molecule has 0 amide bonds. The van der Waals surface area contributed by atoms with Crippen LogP contribution in [-0.2, 0) is 0 Å². The summed E-state index contributed by atoms with van der Waals surface area (Å²) in [7, 11) is 0. The number of nitrogens with zero attached hydrogens (tertiary/aromatic N) is 3. The largest absolute Gasteiger partial charge is 0.455 e. The summed E-state index contributed by atoms with van der Waals surface area (Å²) in [4.78, 5) is 0. The predicted octanol–water partition coefficient (Wildman–Crippen LogP) is 10.4. The van der Waals surface area contributed by atoms with Crippen molar-refractivity contribution >= 4 is 21.9 Å². The smallest absolute Gasteiger partial charge is 0.168 e. The highest BCUT2D eigenvalue weighted by Crippen LogP contribution is 2.40. The van der Waals surface area contributed by atoms with Crippen molar-refractivity contribution in [2.24, 2.45) is 0 Å². The number of fused-ring (bicyclic) bond motifs is 3. The Bertz CT molecular complexity index is 2010. The van der Waals surface area contributed by atoms with Crippen LogP contribution in [0.3, 0.4) is 0 Å². The lowest BCUT2D eigenvalue weighted by atomic mass is 9.93. The monoisotopic (exact) mass is 547 g/mol. The second-order valence-electron chi connectivity index (χ2n) is 11.6. The molecule has 2 heterocycles. The molecule has 7 aromatic rings. The molecule has 0 unspecified atom stereocenters. The van der Waals surface area contributed by atoms with Crippen LogP contribution in [-0.4, -0.2) is 14.8 Å². The number of benzene rings is 5. The zero-order valence-corrected chi connectivity index (χ0v) is 24.4. The van der Waals surface area contributed by atoms with Crippen LogP contribution in [0.1, 0.15) is 50.7 Å². The number of para-hydroxylation sites is 1. The molecule has 5 aromatic carbocycles. The van der Waals surface area contributed by atoms with E-state index in [1.807, 2.05) is 36.4 Å². The van der Waals surface area contributed by atoms with Gasteiger partial charge in [-0.2, -0.15) is 0 Å². The Morgan fingerprint density at radius 3 is 1.76 bits per heavy atom. The SMILES string of the molecule is CC(C)c1ccc2oc3c(-c4ccc(-c5nnc(-c6ccccc6)n5-c5ccccc5)cc4)cc(C(C)C)cc3c2c1. The van der Waals surface area contributed by atoms with Gasteiger partial charge < -0.3 is 4.42 Å². The van der Waals surface area contributed by atoms with Gasteiger partial charge in [-0.25, -0.2) is 0 Å². The quantitative estimate of drug-likeness (QED) is 0.208.